The fourth-order valence-corrected chi connectivity index (χ4v) is 3.10. The molecule has 3 heteroatoms. The average molecular weight is 330 g/mol. The predicted octanol–water partition coefficient (Wildman–Crippen LogP) is 4.98. The normalized spacial score (nSPS) is 11.2. The maximum absolute atomic E-state index is 5.39. The summed E-state index contributed by atoms with van der Waals surface area (Å²) in [7, 11) is 1.73. The molecule has 0 N–H and O–H groups in total. The molecule has 0 fully saturated rings. The number of halogens is 1. The summed E-state index contributed by atoms with van der Waals surface area (Å²) in [6.07, 6.45) is 0. The molecule has 3 rings (SSSR count). The zero-order valence-electron chi connectivity index (χ0n) is 11.6. The Labute approximate surface area is 127 Å². The number of hydrogen-bond acceptors (Lipinski definition) is 1. The van der Waals surface area contributed by atoms with Crippen LogP contribution in [-0.4, -0.2) is 11.7 Å². The largest absolute Gasteiger partial charge is 0.364 e. The SMILES string of the molecule is COCn1c(-c2ccccc2)cc2ccc(C)c(Br)c21. The van der Waals surface area contributed by atoms with Gasteiger partial charge >= 0.3 is 0 Å². The lowest BCUT2D eigenvalue weighted by Gasteiger charge is -2.11. The van der Waals surface area contributed by atoms with E-state index < -0.39 is 0 Å². The van der Waals surface area contributed by atoms with Crippen LogP contribution >= 0.6 is 15.9 Å². The van der Waals surface area contributed by atoms with Crippen LogP contribution in [0.15, 0.2) is 53.0 Å². The van der Waals surface area contributed by atoms with Crippen molar-refractivity contribution in [2.45, 2.75) is 13.7 Å². The summed E-state index contributed by atoms with van der Waals surface area (Å²) in [5.41, 5.74) is 4.79. The highest BCUT2D eigenvalue weighted by atomic mass is 79.9. The van der Waals surface area contributed by atoms with E-state index in [1.165, 1.54) is 27.7 Å². The lowest BCUT2D eigenvalue weighted by Crippen LogP contribution is -2.02. The van der Waals surface area contributed by atoms with Crippen molar-refractivity contribution in [3.8, 4) is 11.3 Å². The number of methoxy groups -OCH3 is 1. The molecule has 1 aromatic heterocycles. The van der Waals surface area contributed by atoms with Crippen LogP contribution in [-0.2, 0) is 11.5 Å². The van der Waals surface area contributed by atoms with Crippen molar-refractivity contribution in [1.29, 1.82) is 0 Å². The number of nitrogens with zero attached hydrogens (tertiary/aromatic N) is 1. The quantitative estimate of drug-likeness (QED) is 0.660. The number of ether oxygens (including phenoxy) is 1. The Hall–Kier alpha value is -1.58. The fourth-order valence-electron chi connectivity index (χ4n) is 2.53. The van der Waals surface area contributed by atoms with Crippen molar-refractivity contribution in [2.75, 3.05) is 7.11 Å². The van der Waals surface area contributed by atoms with Crippen LogP contribution in [0.25, 0.3) is 22.2 Å². The van der Waals surface area contributed by atoms with Gasteiger partial charge in [-0.15, -0.1) is 0 Å². The number of benzene rings is 2. The van der Waals surface area contributed by atoms with Crippen LogP contribution in [0.3, 0.4) is 0 Å². The van der Waals surface area contributed by atoms with Crippen molar-refractivity contribution in [3.63, 3.8) is 0 Å². The van der Waals surface area contributed by atoms with E-state index in [9.17, 15) is 0 Å². The van der Waals surface area contributed by atoms with Crippen molar-refractivity contribution < 1.29 is 4.74 Å². The molecular formula is C17H16BrNO. The lowest BCUT2D eigenvalue weighted by molar-refractivity contribution is 0.136. The zero-order chi connectivity index (χ0) is 14.1. The molecule has 0 aliphatic heterocycles. The number of aryl methyl sites for hydroxylation is 1. The molecule has 2 nitrogen and oxygen atoms in total. The van der Waals surface area contributed by atoms with E-state index in [1.807, 2.05) is 6.07 Å². The molecule has 102 valence electrons. The standard InChI is InChI=1S/C17H16BrNO/c1-12-8-9-14-10-15(13-6-4-3-5-7-13)19(11-20-2)17(14)16(12)18/h3-10H,11H2,1-2H3. The van der Waals surface area contributed by atoms with Crippen LogP contribution in [0.2, 0.25) is 0 Å². The highest BCUT2D eigenvalue weighted by Gasteiger charge is 2.13. The van der Waals surface area contributed by atoms with Gasteiger partial charge in [-0.3, -0.25) is 0 Å². The Bertz CT molecular complexity index is 747. The Morgan fingerprint density at radius 3 is 2.55 bits per heavy atom. The molecule has 0 aliphatic rings. The smallest absolute Gasteiger partial charge is 0.123 e. The predicted molar refractivity (Wildman–Crippen MR) is 86.8 cm³/mol. The minimum absolute atomic E-state index is 0.537. The van der Waals surface area contributed by atoms with Crippen molar-refractivity contribution >= 4 is 26.8 Å². The van der Waals surface area contributed by atoms with Gasteiger partial charge < -0.3 is 9.30 Å². The molecule has 0 radical (unpaired) electrons. The molecule has 0 bridgehead atoms. The third-order valence-corrected chi connectivity index (χ3v) is 4.52. The van der Waals surface area contributed by atoms with E-state index >= 15 is 0 Å². The van der Waals surface area contributed by atoms with Gasteiger partial charge in [0.15, 0.2) is 0 Å². The van der Waals surface area contributed by atoms with E-state index in [-0.39, 0.29) is 0 Å². The maximum Gasteiger partial charge on any atom is 0.123 e. The highest BCUT2D eigenvalue weighted by molar-refractivity contribution is 9.10. The van der Waals surface area contributed by atoms with Gasteiger partial charge in [-0.05, 0) is 40.0 Å². The van der Waals surface area contributed by atoms with E-state index in [2.05, 4.69) is 69.9 Å². The second-order valence-corrected chi connectivity index (χ2v) is 5.67. The highest BCUT2D eigenvalue weighted by Crippen LogP contribution is 2.34. The molecule has 3 aromatic rings. The summed E-state index contributed by atoms with van der Waals surface area (Å²) in [5.74, 6) is 0. The summed E-state index contributed by atoms with van der Waals surface area (Å²) in [5, 5.41) is 1.22. The van der Waals surface area contributed by atoms with Crippen molar-refractivity contribution in [1.82, 2.24) is 4.57 Å². The Balaban J connectivity index is 2.33. The first kappa shape index (κ1) is 13.4. The first-order valence-corrected chi connectivity index (χ1v) is 7.34. The second-order valence-electron chi connectivity index (χ2n) is 4.88. The van der Waals surface area contributed by atoms with Gasteiger partial charge in [-0.25, -0.2) is 0 Å². The molecule has 2 aromatic carbocycles. The minimum Gasteiger partial charge on any atom is -0.364 e. The summed E-state index contributed by atoms with van der Waals surface area (Å²) in [6, 6.07) is 16.9. The van der Waals surface area contributed by atoms with Gasteiger partial charge in [-0.1, -0.05) is 42.5 Å². The van der Waals surface area contributed by atoms with Crippen LogP contribution in [0.1, 0.15) is 5.56 Å². The van der Waals surface area contributed by atoms with Gasteiger partial charge in [0.05, 0.1) is 11.2 Å². The van der Waals surface area contributed by atoms with Gasteiger partial charge in [0.2, 0.25) is 0 Å². The number of rotatable bonds is 3. The van der Waals surface area contributed by atoms with Crippen molar-refractivity contribution in [2.24, 2.45) is 0 Å². The Morgan fingerprint density at radius 2 is 1.85 bits per heavy atom. The summed E-state index contributed by atoms with van der Waals surface area (Å²) in [4.78, 5) is 0. The summed E-state index contributed by atoms with van der Waals surface area (Å²) in [6.45, 7) is 2.64. The zero-order valence-corrected chi connectivity index (χ0v) is 13.1. The molecule has 0 spiro atoms. The maximum atomic E-state index is 5.39. The Kier molecular flexibility index (Phi) is 3.64. The Morgan fingerprint density at radius 1 is 1.10 bits per heavy atom. The average Bonchev–Trinajstić information content (AvgIpc) is 2.84. The van der Waals surface area contributed by atoms with Crippen LogP contribution < -0.4 is 0 Å². The molecule has 0 saturated carbocycles. The van der Waals surface area contributed by atoms with Gasteiger partial charge in [0.1, 0.15) is 6.73 Å². The lowest BCUT2D eigenvalue weighted by atomic mass is 10.1. The first-order valence-electron chi connectivity index (χ1n) is 6.55. The number of hydrogen-bond donors (Lipinski definition) is 0. The third kappa shape index (κ3) is 2.17. The molecule has 0 atom stereocenters. The second kappa shape index (κ2) is 5.43. The fraction of sp³-hybridized carbons (Fsp3) is 0.176. The van der Waals surface area contributed by atoms with Gasteiger partial charge in [0.25, 0.3) is 0 Å². The van der Waals surface area contributed by atoms with Gasteiger partial charge in [-0.2, -0.15) is 0 Å². The first-order chi connectivity index (χ1) is 9.72. The third-order valence-electron chi connectivity index (χ3n) is 3.52. The molecule has 20 heavy (non-hydrogen) atoms. The van der Waals surface area contributed by atoms with E-state index in [4.69, 9.17) is 4.74 Å². The monoisotopic (exact) mass is 329 g/mol. The molecule has 0 saturated heterocycles. The summed E-state index contributed by atoms with van der Waals surface area (Å²) < 4.78 is 8.74. The minimum atomic E-state index is 0.537. The molecule has 0 amide bonds. The number of aromatic nitrogens is 1. The van der Waals surface area contributed by atoms with Crippen LogP contribution in [0, 0.1) is 6.92 Å². The summed E-state index contributed by atoms with van der Waals surface area (Å²) >= 11 is 3.71. The van der Waals surface area contributed by atoms with E-state index in [1.54, 1.807) is 7.11 Å². The van der Waals surface area contributed by atoms with Crippen molar-refractivity contribution in [3.05, 3.63) is 58.6 Å². The van der Waals surface area contributed by atoms with Crippen LogP contribution in [0.5, 0.6) is 0 Å². The molecule has 1 heterocycles. The molecule has 0 aliphatic carbocycles. The van der Waals surface area contributed by atoms with E-state index in [0.29, 0.717) is 6.73 Å². The van der Waals surface area contributed by atoms with Gasteiger partial charge in [0, 0.05) is 17.0 Å². The topological polar surface area (TPSA) is 14.2 Å². The van der Waals surface area contributed by atoms with E-state index in [0.717, 1.165) is 4.47 Å². The molecule has 0 unspecified atom stereocenters. The number of fused-ring (bicyclic) bond motifs is 1. The van der Waals surface area contributed by atoms with Crippen LogP contribution in [0.4, 0.5) is 0 Å². The molecular weight excluding hydrogens is 314 g/mol.